The van der Waals surface area contributed by atoms with Gasteiger partial charge in [-0.3, -0.25) is 4.98 Å². The molecule has 4 rings (SSSR count). The van der Waals surface area contributed by atoms with Gasteiger partial charge in [-0.05, 0) is 42.0 Å². The van der Waals surface area contributed by atoms with Crippen LogP contribution in [0.1, 0.15) is 5.56 Å². The summed E-state index contributed by atoms with van der Waals surface area (Å²) in [5.74, 6) is 1.63. The SMILES string of the molecule is Clc1ccccc1CSc1ccc2nc(-c3ccccn3)[nH]c2c1. The number of halogens is 1. The fourth-order valence-corrected chi connectivity index (χ4v) is 3.70. The molecule has 2 heterocycles. The molecule has 4 aromatic rings. The summed E-state index contributed by atoms with van der Waals surface area (Å²) in [4.78, 5) is 13.5. The van der Waals surface area contributed by atoms with Crippen LogP contribution in [0.2, 0.25) is 5.02 Å². The number of nitrogens with one attached hydrogen (secondary N) is 1. The number of benzene rings is 2. The van der Waals surface area contributed by atoms with Crippen LogP contribution in [0, 0.1) is 0 Å². The second kappa shape index (κ2) is 6.67. The molecule has 0 unspecified atom stereocenters. The van der Waals surface area contributed by atoms with Gasteiger partial charge in [0, 0.05) is 21.9 Å². The third-order valence-electron chi connectivity index (χ3n) is 3.71. The van der Waals surface area contributed by atoms with Crippen LogP contribution in [-0.2, 0) is 5.75 Å². The lowest BCUT2D eigenvalue weighted by atomic mass is 10.2. The van der Waals surface area contributed by atoms with Crippen molar-refractivity contribution in [2.24, 2.45) is 0 Å². The van der Waals surface area contributed by atoms with Crippen molar-refractivity contribution in [3.63, 3.8) is 0 Å². The number of hydrogen-bond donors (Lipinski definition) is 1. The summed E-state index contributed by atoms with van der Waals surface area (Å²) >= 11 is 7.98. The van der Waals surface area contributed by atoms with Crippen molar-refractivity contribution in [2.45, 2.75) is 10.6 Å². The molecular formula is C19H14ClN3S. The number of aromatic nitrogens is 3. The van der Waals surface area contributed by atoms with Gasteiger partial charge in [0.05, 0.1) is 11.0 Å². The zero-order valence-electron chi connectivity index (χ0n) is 12.7. The zero-order chi connectivity index (χ0) is 16.4. The largest absolute Gasteiger partial charge is 0.337 e. The Morgan fingerprint density at radius 1 is 1.00 bits per heavy atom. The molecule has 2 aromatic heterocycles. The van der Waals surface area contributed by atoms with Crippen LogP contribution in [0.25, 0.3) is 22.6 Å². The second-order valence-corrected chi connectivity index (χ2v) is 6.82. The molecule has 1 N–H and O–H groups in total. The predicted octanol–water partition coefficient (Wildman–Crippen LogP) is 5.57. The molecule has 0 saturated heterocycles. The van der Waals surface area contributed by atoms with Crippen molar-refractivity contribution in [1.29, 1.82) is 0 Å². The maximum absolute atomic E-state index is 6.22. The fraction of sp³-hybridized carbons (Fsp3) is 0.0526. The van der Waals surface area contributed by atoms with Gasteiger partial charge in [-0.15, -0.1) is 11.8 Å². The first-order chi connectivity index (χ1) is 11.8. The maximum Gasteiger partial charge on any atom is 0.157 e. The molecule has 0 amide bonds. The minimum absolute atomic E-state index is 0.791. The smallest absolute Gasteiger partial charge is 0.157 e. The van der Waals surface area contributed by atoms with Crippen LogP contribution in [0.3, 0.4) is 0 Å². The second-order valence-electron chi connectivity index (χ2n) is 5.36. The summed E-state index contributed by atoms with van der Waals surface area (Å²) in [6.07, 6.45) is 1.77. The van der Waals surface area contributed by atoms with E-state index in [1.807, 2.05) is 42.5 Å². The number of H-pyrrole nitrogens is 1. The Labute approximate surface area is 149 Å². The number of rotatable bonds is 4. The van der Waals surface area contributed by atoms with E-state index in [-0.39, 0.29) is 0 Å². The highest BCUT2D eigenvalue weighted by Crippen LogP contribution is 2.29. The topological polar surface area (TPSA) is 41.6 Å². The normalized spacial score (nSPS) is 11.0. The molecule has 24 heavy (non-hydrogen) atoms. The van der Waals surface area contributed by atoms with Crippen molar-refractivity contribution in [3.8, 4) is 11.5 Å². The van der Waals surface area contributed by atoms with Crippen molar-refractivity contribution >= 4 is 34.4 Å². The lowest BCUT2D eigenvalue weighted by molar-refractivity contribution is 1.24. The van der Waals surface area contributed by atoms with Crippen molar-refractivity contribution in [2.75, 3.05) is 0 Å². The molecule has 0 aliphatic carbocycles. The van der Waals surface area contributed by atoms with Crippen molar-refractivity contribution in [1.82, 2.24) is 15.0 Å². The molecule has 118 valence electrons. The highest BCUT2D eigenvalue weighted by Gasteiger charge is 2.07. The predicted molar refractivity (Wildman–Crippen MR) is 100 cm³/mol. The van der Waals surface area contributed by atoms with Crippen LogP contribution in [0.4, 0.5) is 0 Å². The van der Waals surface area contributed by atoms with E-state index in [9.17, 15) is 0 Å². The van der Waals surface area contributed by atoms with Crippen LogP contribution < -0.4 is 0 Å². The average Bonchev–Trinajstić information content (AvgIpc) is 3.05. The third kappa shape index (κ3) is 3.16. The minimum Gasteiger partial charge on any atom is -0.337 e. The summed E-state index contributed by atoms with van der Waals surface area (Å²) in [5, 5.41) is 0.810. The Balaban J connectivity index is 1.58. The van der Waals surface area contributed by atoms with E-state index < -0.39 is 0 Å². The Bertz CT molecular complexity index is 982. The van der Waals surface area contributed by atoms with Crippen molar-refractivity contribution < 1.29 is 0 Å². The first-order valence-corrected chi connectivity index (χ1v) is 8.93. The molecule has 0 spiro atoms. The van der Waals surface area contributed by atoms with Gasteiger partial charge in [0.15, 0.2) is 5.82 Å². The monoisotopic (exact) mass is 351 g/mol. The molecule has 0 atom stereocenters. The number of fused-ring (bicyclic) bond motifs is 1. The van der Waals surface area contributed by atoms with E-state index in [0.717, 1.165) is 38.9 Å². The van der Waals surface area contributed by atoms with Crippen LogP contribution in [0.5, 0.6) is 0 Å². The number of aromatic amines is 1. The van der Waals surface area contributed by atoms with Gasteiger partial charge in [-0.25, -0.2) is 4.98 Å². The van der Waals surface area contributed by atoms with Gasteiger partial charge in [0.25, 0.3) is 0 Å². The number of nitrogens with zero attached hydrogens (tertiary/aromatic N) is 2. The van der Waals surface area contributed by atoms with Gasteiger partial charge in [0.1, 0.15) is 5.69 Å². The van der Waals surface area contributed by atoms with Crippen LogP contribution in [0.15, 0.2) is 71.8 Å². The molecule has 5 heteroatoms. The van der Waals surface area contributed by atoms with E-state index in [1.165, 1.54) is 4.90 Å². The van der Waals surface area contributed by atoms with E-state index in [2.05, 4.69) is 33.2 Å². The standard InChI is InChI=1S/C19H14ClN3S/c20-15-6-2-1-5-13(15)12-24-14-8-9-16-18(11-14)23-19(22-16)17-7-3-4-10-21-17/h1-11H,12H2,(H,22,23). The van der Waals surface area contributed by atoms with E-state index >= 15 is 0 Å². The lowest BCUT2D eigenvalue weighted by Crippen LogP contribution is -1.83. The Hall–Kier alpha value is -2.30. The highest BCUT2D eigenvalue weighted by molar-refractivity contribution is 7.98. The van der Waals surface area contributed by atoms with Gasteiger partial charge in [-0.1, -0.05) is 35.9 Å². The Morgan fingerprint density at radius 2 is 1.88 bits per heavy atom. The van der Waals surface area contributed by atoms with Crippen LogP contribution >= 0.6 is 23.4 Å². The Morgan fingerprint density at radius 3 is 2.71 bits per heavy atom. The molecule has 0 aliphatic heterocycles. The highest BCUT2D eigenvalue weighted by atomic mass is 35.5. The molecule has 0 saturated carbocycles. The van der Waals surface area contributed by atoms with Crippen LogP contribution in [-0.4, -0.2) is 15.0 Å². The maximum atomic E-state index is 6.22. The summed E-state index contributed by atoms with van der Waals surface area (Å²) in [7, 11) is 0. The molecule has 0 radical (unpaired) electrons. The van der Waals surface area contributed by atoms with Gasteiger partial charge in [0.2, 0.25) is 0 Å². The first kappa shape index (κ1) is 15.2. The number of pyridine rings is 1. The summed E-state index contributed by atoms with van der Waals surface area (Å²) in [5.41, 5.74) is 3.94. The van der Waals surface area contributed by atoms with E-state index in [1.54, 1.807) is 18.0 Å². The average molecular weight is 352 g/mol. The van der Waals surface area contributed by atoms with E-state index in [0.29, 0.717) is 0 Å². The lowest BCUT2D eigenvalue weighted by Gasteiger charge is -2.04. The molecule has 0 fully saturated rings. The first-order valence-electron chi connectivity index (χ1n) is 7.57. The quantitative estimate of drug-likeness (QED) is 0.488. The molecular weight excluding hydrogens is 338 g/mol. The Kier molecular flexibility index (Phi) is 4.24. The molecule has 0 bridgehead atoms. The summed E-state index contributed by atoms with van der Waals surface area (Å²) in [6.45, 7) is 0. The van der Waals surface area contributed by atoms with Gasteiger partial charge in [-0.2, -0.15) is 0 Å². The van der Waals surface area contributed by atoms with Gasteiger partial charge < -0.3 is 4.98 Å². The molecule has 0 aliphatic rings. The van der Waals surface area contributed by atoms with Crippen molar-refractivity contribution in [3.05, 3.63) is 77.4 Å². The third-order valence-corrected chi connectivity index (χ3v) is 5.12. The number of hydrogen-bond acceptors (Lipinski definition) is 3. The summed E-state index contributed by atoms with van der Waals surface area (Å²) < 4.78 is 0. The van der Waals surface area contributed by atoms with Gasteiger partial charge >= 0.3 is 0 Å². The number of thioether (sulfide) groups is 1. The summed E-state index contributed by atoms with van der Waals surface area (Å²) in [6, 6.07) is 20.0. The fourth-order valence-electron chi connectivity index (χ4n) is 2.48. The number of imidazole rings is 1. The zero-order valence-corrected chi connectivity index (χ0v) is 14.3. The molecule has 3 nitrogen and oxygen atoms in total. The van der Waals surface area contributed by atoms with E-state index in [4.69, 9.17) is 11.6 Å². The minimum atomic E-state index is 0.791. The molecule has 2 aromatic carbocycles.